The second kappa shape index (κ2) is 7.24. The monoisotopic (exact) mass is 294 g/mol. The molecule has 1 aliphatic carbocycles. The third kappa shape index (κ3) is 3.83. The van der Waals surface area contributed by atoms with Crippen LogP contribution in [-0.2, 0) is 0 Å². The average Bonchev–Trinajstić information content (AvgIpc) is 2.52. The molecule has 7 nitrogen and oxygen atoms in total. The molecule has 0 atom stereocenters. The number of nitrogens with one attached hydrogen (secondary N) is 1. The number of aliphatic hydroxyl groups excluding tert-OH is 1. The first-order valence-corrected chi connectivity index (χ1v) is 7.29. The summed E-state index contributed by atoms with van der Waals surface area (Å²) in [6.07, 6.45) is 5.64. The molecular formula is C14H22N4O3. The van der Waals surface area contributed by atoms with Gasteiger partial charge in [0.05, 0.1) is 17.2 Å². The van der Waals surface area contributed by atoms with Crippen molar-refractivity contribution in [2.45, 2.75) is 38.1 Å². The highest BCUT2D eigenvalue weighted by Crippen LogP contribution is 2.31. The molecule has 21 heavy (non-hydrogen) atoms. The Morgan fingerprint density at radius 1 is 1.33 bits per heavy atom. The van der Waals surface area contributed by atoms with E-state index in [1.54, 1.807) is 12.1 Å². The maximum Gasteiger partial charge on any atom is 0.273 e. The van der Waals surface area contributed by atoms with Gasteiger partial charge < -0.3 is 15.4 Å². The summed E-state index contributed by atoms with van der Waals surface area (Å²) in [5.74, 6) is 5.40. The lowest BCUT2D eigenvalue weighted by Gasteiger charge is -2.36. The van der Waals surface area contributed by atoms with Gasteiger partial charge in [0.1, 0.15) is 0 Å². The number of nitro benzene ring substituents is 1. The van der Waals surface area contributed by atoms with E-state index in [0.717, 1.165) is 31.4 Å². The number of non-ortho nitro benzene ring substituents is 1. The predicted octanol–water partition coefficient (Wildman–Crippen LogP) is 2.01. The van der Waals surface area contributed by atoms with Gasteiger partial charge in [-0.05, 0) is 18.9 Å². The van der Waals surface area contributed by atoms with E-state index in [1.165, 1.54) is 12.5 Å². The molecule has 0 aliphatic heterocycles. The highest BCUT2D eigenvalue weighted by Gasteiger charge is 2.23. The van der Waals surface area contributed by atoms with Crippen LogP contribution in [0.5, 0.6) is 0 Å². The molecule has 0 amide bonds. The summed E-state index contributed by atoms with van der Waals surface area (Å²) in [6, 6.07) is 5.06. The molecule has 1 aliphatic rings. The molecule has 116 valence electrons. The summed E-state index contributed by atoms with van der Waals surface area (Å²) in [5, 5.41) is 20.4. The van der Waals surface area contributed by atoms with Crippen molar-refractivity contribution in [3.63, 3.8) is 0 Å². The normalized spacial score (nSPS) is 15.7. The Kier molecular flexibility index (Phi) is 5.35. The van der Waals surface area contributed by atoms with E-state index >= 15 is 0 Å². The van der Waals surface area contributed by atoms with Crippen LogP contribution in [0.4, 0.5) is 17.1 Å². The smallest absolute Gasteiger partial charge is 0.273 e. The fourth-order valence-corrected chi connectivity index (χ4v) is 2.97. The van der Waals surface area contributed by atoms with Crippen molar-refractivity contribution < 1.29 is 10.0 Å². The van der Waals surface area contributed by atoms with E-state index in [-0.39, 0.29) is 12.3 Å². The van der Waals surface area contributed by atoms with E-state index in [2.05, 4.69) is 10.3 Å². The number of rotatable bonds is 6. The quantitative estimate of drug-likeness (QED) is 0.421. The second-order valence-electron chi connectivity index (χ2n) is 5.35. The summed E-state index contributed by atoms with van der Waals surface area (Å²) >= 11 is 0. The molecule has 0 saturated heterocycles. The van der Waals surface area contributed by atoms with Crippen molar-refractivity contribution >= 4 is 17.1 Å². The van der Waals surface area contributed by atoms with Crippen LogP contribution in [-0.4, -0.2) is 29.2 Å². The fourth-order valence-electron chi connectivity index (χ4n) is 2.97. The molecule has 2 rings (SSSR count). The average molecular weight is 294 g/mol. The first kappa shape index (κ1) is 15.5. The molecule has 0 bridgehead atoms. The lowest BCUT2D eigenvalue weighted by atomic mass is 9.93. The van der Waals surface area contributed by atoms with Gasteiger partial charge in [-0.3, -0.25) is 16.0 Å². The molecule has 0 radical (unpaired) electrons. The van der Waals surface area contributed by atoms with Crippen LogP contribution in [0.25, 0.3) is 0 Å². The van der Waals surface area contributed by atoms with Crippen molar-refractivity contribution in [1.29, 1.82) is 0 Å². The minimum absolute atomic E-state index is 0.000741. The van der Waals surface area contributed by atoms with E-state index in [9.17, 15) is 15.2 Å². The van der Waals surface area contributed by atoms with E-state index in [0.29, 0.717) is 18.3 Å². The number of nitrogens with zero attached hydrogens (tertiary/aromatic N) is 2. The van der Waals surface area contributed by atoms with Gasteiger partial charge in [-0.1, -0.05) is 19.3 Å². The molecule has 1 aromatic rings. The Morgan fingerprint density at radius 3 is 2.62 bits per heavy atom. The Balaban J connectivity index is 2.33. The molecule has 0 unspecified atom stereocenters. The number of hydrazine groups is 1. The number of nitrogen functional groups attached to an aromatic ring is 1. The lowest BCUT2D eigenvalue weighted by Crippen LogP contribution is -2.39. The SMILES string of the molecule is NNc1cc(N(CCO)C2CCCCC2)cc([N+](=O)[O-])c1. The molecule has 4 N–H and O–H groups in total. The van der Waals surface area contributed by atoms with Crippen molar-refractivity contribution in [2.75, 3.05) is 23.5 Å². The number of hydrogen-bond acceptors (Lipinski definition) is 6. The Labute approximate surface area is 123 Å². The fraction of sp³-hybridized carbons (Fsp3) is 0.571. The zero-order valence-corrected chi connectivity index (χ0v) is 12.0. The van der Waals surface area contributed by atoms with Crippen LogP contribution in [0.3, 0.4) is 0 Å². The molecule has 1 aromatic carbocycles. The number of aliphatic hydroxyl groups is 1. The maximum atomic E-state index is 11.0. The summed E-state index contributed by atoms with van der Waals surface area (Å²) in [4.78, 5) is 12.7. The molecule has 1 fully saturated rings. The topological polar surface area (TPSA) is 105 Å². The third-order valence-corrected chi connectivity index (χ3v) is 3.97. The molecule has 0 aromatic heterocycles. The van der Waals surface area contributed by atoms with Gasteiger partial charge in [-0.25, -0.2) is 0 Å². The van der Waals surface area contributed by atoms with Crippen LogP contribution in [0.1, 0.15) is 32.1 Å². The van der Waals surface area contributed by atoms with Gasteiger partial charge >= 0.3 is 0 Å². The van der Waals surface area contributed by atoms with Crippen LogP contribution < -0.4 is 16.2 Å². The van der Waals surface area contributed by atoms with Crippen LogP contribution in [0, 0.1) is 10.1 Å². The Morgan fingerprint density at radius 2 is 2.05 bits per heavy atom. The van der Waals surface area contributed by atoms with Crippen molar-refractivity contribution in [2.24, 2.45) is 5.84 Å². The first-order chi connectivity index (χ1) is 10.2. The zero-order valence-electron chi connectivity index (χ0n) is 12.0. The summed E-state index contributed by atoms with van der Waals surface area (Å²) in [6.45, 7) is 0.487. The van der Waals surface area contributed by atoms with Gasteiger partial charge in [0, 0.05) is 30.4 Å². The summed E-state index contributed by atoms with van der Waals surface area (Å²) < 4.78 is 0. The van der Waals surface area contributed by atoms with Crippen LogP contribution in [0.2, 0.25) is 0 Å². The summed E-state index contributed by atoms with van der Waals surface area (Å²) in [5.41, 5.74) is 3.70. The maximum absolute atomic E-state index is 11.0. The van der Waals surface area contributed by atoms with Crippen molar-refractivity contribution in [3.05, 3.63) is 28.3 Å². The van der Waals surface area contributed by atoms with Gasteiger partial charge in [-0.2, -0.15) is 0 Å². The zero-order chi connectivity index (χ0) is 15.2. The molecule has 7 heteroatoms. The molecule has 0 heterocycles. The Hall–Kier alpha value is -1.86. The third-order valence-electron chi connectivity index (χ3n) is 3.97. The van der Waals surface area contributed by atoms with Gasteiger partial charge in [0.25, 0.3) is 5.69 Å². The molecular weight excluding hydrogens is 272 g/mol. The number of hydrogen-bond donors (Lipinski definition) is 3. The van der Waals surface area contributed by atoms with E-state index in [4.69, 9.17) is 5.84 Å². The molecule has 1 saturated carbocycles. The largest absolute Gasteiger partial charge is 0.395 e. The van der Waals surface area contributed by atoms with Crippen molar-refractivity contribution in [1.82, 2.24) is 0 Å². The second-order valence-corrected chi connectivity index (χ2v) is 5.35. The van der Waals surface area contributed by atoms with Gasteiger partial charge in [0.2, 0.25) is 0 Å². The Bertz CT molecular complexity index is 489. The minimum atomic E-state index is -0.428. The first-order valence-electron chi connectivity index (χ1n) is 7.29. The number of anilines is 2. The van der Waals surface area contributed by atoms with E-state index in [1.807, 2.05) is 0 Å². The number of nitro groups is 1. The predicted molar refractivity (Wildman–Crippen MR) is 82.2 cm³/mol. The molecule has 0 spiro atoms. The number of nitrogens with two attached hydrogens (primary N) is 1. The highest BCUT2D eigenvalue weighted by molar-refractivity contribution is 5.64. The van der Waals surface area contributed by atoms with Gasteiger partial charge in [-0.15, -0.1) is 0 Å². The summed E-state index contributed by atoms with van der Waals surface area (Å²) in [7, 11) is 0. The van der Waals surface area contributed by atoms with E-state index < -0.39 is 4.92 Å². The number of benzene rings is 1. The lowest BCUT2D eigenvalue weighted by molar-refractivity contribution is -0.384. The standard InChI is InChI=1S/C14H22N4O3/c15-16-11-8-13(10-14(9-11)18(20)21)17(6-7-19)12-4-2-1-3-5-12/h8-10,12,16,19H,1-7,15H2. The van der Waals surface area contributed by atoms with Gasteiger partial charge in [0.15, 0.2) is 0 Å². The highest BCUT2D eigenvalue weighted by atomic mass is 16.6. The van der Waals surface area contributed by atoms with Crippen LogP contribution >= 0.6 is 0 Å². The van der Waals surface area contributed by atoms with Crippen molar-refractivity contribution in [3.8, 4) is 0 Å². The minimum Gasteiger partial charge on any atom is -0.395 e. The van der Waals surface area contributed by atoms with Crippen LogP contribution in [0.15, 0.2) is 18.2 Å².